The van der Waals surface area contributed by atoms with Gasteiger partial charge < -0.3 is 0 Å². The van der Waals surface area contributed by atoms with Crippen molar-refractivity contribution < 1.29 is 4.79 Å². The van der Waals surface area contributed by atoms with Crippen LogP contribution in [0.25, 0.3) is 0 Å². The quantitative estimate of drug-likeness (QED) is 0.645. The molecule has 2 rings (SSSR count). The Kier molecular flexibility index (Phi) is 5.45. The van der Waals surface area contributed by atoms with Crippen LogP contribution >= 0.6 is 61.8 Å². The number of halogens is 3. The van der Waals surface area contributed by atoms with Crippen molar-refractivity contribution in [3.8, 4) is 0 Å². The molecule has 102 valence electrons. The zero-order valence-electron chi connectivity index (χ0n) is 9.95. The van der Waals surface area contributed by atoms with Crippen LogP contribution in [0, 0.1) is 0 Å². The minimum absolute atomic E-state index is 0.00808. The first-order valence-electron chi connectivity index (χ1n) is 5.35. The van der Waals surface area contributed by atoms with Crippen LogP contribution in [0.15, 0.2) is 22.0 Å². The standard InChI is InChI=1S/C12H10BrCl2NOS2/c1-16(4-8-2-7(13)6-18-8)5-10(17)9-3-11(14)19-12(9)15/h2-3,6H,4-5H2,1H3. The summed E-state index contributed by atoms with van der Waals surface area (Å²) in [6.45, 7) is 1.06. The number of hydrogen-bond acceptors (Lipinski definition) is 4. The first kappa shape index (κ1) is 15.5. The largest absolute Gasteiger partial charge is 0.294 e. The Hall–Kier alpha value is 0.0900. The van der Waals surface area contributed by atoms with Crippen LogP contribution in [-0.2, 0) is 6.54 Å². The maximum Gasteiger partial charge on any atom is 0.179 e. The molecule has 2 nitrogen and oxygen atoms in total. The minimum Gasteiger partial charge on any atom is -0.294 e. The third kappa shape index (κ3) is 4.28. The molecule has 0 bridgehead atoms. The van der Waals surface area contributed by atoms with E-state index in [2.05, 4.69) is 22.0 Å². The Morgan fingerprint density at radius 3 is 2.68 bits per heavy atom. The Labute approximate surface area is 138 Å². The lowest BCUT2D eigenvalue weighted by atomic mass is 10.2. The van der Waals surface area contributed by atoms with Crippen molar-refractivity contribution in [1.29, 1.82) is 0 Å². The summed E-state index contributed by atoms with van der Waals surface area (Å²) in [7, 11) is 1.91. The van der Waals surface area contributed by atoms with Gasteiger partial charge in [0.1, 0.15) is 4.34 Å². The minimum atomic E-state index is -0.00808. The lowest BCUT2D eigenvalue weighted by Gasteiger charge is -2.14. The van der Waals surface area contributed by atoms with Gasteiger partial charge in [-0.2, -0.15) is 0 Å². The second kappa shape index (κ2) is 6.70. The molecule has 19 heavy (non-hydrogen) atoms. The van der Waals surface area contributed by atoms with E-state index in [1.165, 1.54) is 16.2 Å². The molecule has 0 spiro atoms. The molecule has 0 amide bonds. The summed E-state index contributed by atoms with van der Waals surface area (Å²) in [5.74, 6) is -0.00808. The number of rotatable bonds is 5. The molecular formula is C12H10BrCl2NOS2. The van der Waals surface area contributed by atoms with Gasteiger partial charge in [0, 0.05) is 21.3 Å². The molecule has 2 aromatic rings. The van der Waals surface area contributed by atoms with E-state index in [1.54, 1.807) is 17.4 Å². The number of thiophene rings is 2. The molecule has 0 aliphatic carbocycles. The zero-order chi connectivity index (χ0) is 14.0. The summed E-state index contributed by atoms with van der Waals surface area (Å²) >= 11 is 18.1. The van der Waals surface area contributed by atoms with Gasteiger partial charge in [0.2, 0.25) is 0 Å². The van der Waals surface area contributed by atoms with Crippen molar-refractivity contribution in [2.24, 2.45) is 0 Å². The van der Waals surface area contributed by atoms with Gasteiger partial charge >= 0.3 is 0 Å². The molecule has 2 aromatic heterocycles. The van der Waals surface area contributed by atoms with Crippen LogP contribution in [0.2, 0.25) is 8.67 Å². The Morgan fingerprint density at radius 1 is 1.42 bits per heavy atom. The van der Waals surface area contributed by atoms with Crippen molar-refractivity contribution in [1.82, 2.24) is 4.90 Å². The van der Waals surface area contributed by atoms with Crippen molar-refractivity contribution >= 4 is 67.6 Å². The van der Waals surface area contributed by atoms with E-state index in [4.69, 9.17) is 23.2 Å². The molecule has 0 aliphatic rings. The van der Waals surface area contributed by atoms with Crippen LogP contribution in [0.1, 0.15) is 15.2 Å². The number of hydrogen-bond donors (Lipinski definition) is 0. The summed E-state index contributed by atoms with van der Waals surface area (Å²) in [6, 6.07) is 3.69. The van der Waals surface area contributed by atoms with E-state index < -0.39 is 0 Å². The molecule has 0 aliphatic heterocycles. The first-order valence-corrected chi connectivity index (χ1v) is 8.59. The highest BCUT2D eigenvalue weighted by atomic mass is 79.9. The fraction of sp³-hybridized carbons (Fsp3) is 0.250. The molecule has 0 aromatic carbocycles. The van der Waals surface area contributed by atoms with Crippen molar-refractivity contribution in [3.63, 3.8) is 0 Å². The van der Waals surface area contributed by atoms with Gasteiger partial charge in [-0.3, -0.25) is 9.69 Å². The lowest BCUT2D eigenvalue weighted by molar-refractivity contribution is 0.0944. The number of carbonyl (C=O) groups excluding carboxylic acids is 1. The summed E-state index contributed by atoms with van der Waals surface area (Å²) in [4.78, 5) is 15.3. The van der Waals surface area contributed by atoms with Gasteiger partial charge in [-0.1, -0.05) is 23.2 Å². The van der Waals surface area contributed by atoms with Gasteiger partial charge in [0.15, 0.2) is 5.78 Å². The van der Waals surface area contributed by atoms with Crippen molar-refractivity contribution in [2.75, 3.05) is 13.6 Å². The fourth-order valence-corrected chi connectivity index (χ4v) is 4.65. The monoisotopic (exact) mass is 397 g/mol. The number of Topliss-reactive ketones (excluding diaryl/α,β-unsaturated/α-hetero) is 1. The van der Waals surface area contributed by atoms with Crippen LogP contribution in [0.5, 0.6) is 0 Å². The Balaban J connectivity index is 1.97. The third-order valence-corrected chi connectivity index (χ3v) is 5.59. The summed E-state index contributed by atoms with van der Waals surface area (Å²) < 4.78 is 2.07. The van der Waals surface area contributed by atoms with Crippen LogP contribution < -0.4 is 0 Å². The van der Waals surface area contributed by atoms with Crippen molar-refractivity contribution in [3.05, 3.63) is 41.1 Å². The highest BCUT2D eigenvalue weighted by molar-refractivity contribution is 9.10. The average molecular weight is 399 g/mol. The normalized spacial score (nSPS) is 11.2. The highest BCUT2D eigenvalue weighted by Crippen LogP contribution is 2.31. The smallest absolute Gasteiger partial charge is 0.179 e. The van der Waals surface area contributed by atoms with Gasteiger partial charge in [-0.15, -0.1) is 22.7 Å². The molecule has 0 saturated heterocycles. The lowest BCUT2D eigenvalue weighted by Crippen LogP contribution is -2.25. The molecule has 2 heterocycles. The van der Waals surface area contributed by atoms with Crippen LogP contribution in [0.3, 0.4) is 0 Å². The third-order valence-electron chi connectivity index (χ3n) is 2.42. The molecule has 0 unspecified atom stereocenters. The van der Waals surface area contributed by atoms with Gasteiger partial charge in [-0.25, -0.2) is 0 Å². The molecule has 7 heteroatoms. The summed E-state index contributed by atoms with van der Waals surface area (Å²) in [5.41, 5.74) is 0.510. The molecule has 0 saturated carbocycles. The highest BCUT2D eigenvalue weighted by Gasteiger charge is 2.16. The number of carbonyl (C=O) groups is 1. The summed E-state index contributed by atoms with van der Waals surface area (Å²) in [5, 5.41) is 2.03. The SMILES string of the molecule is CN(CC(=O)c1cc(Cl)sc1Cl)Cc1cc(Br)cs1. The zero-order valence-corrected chi connectivity index (χ0v) is 14.7. The topological polar surface area (TPSA) is 20.3 Å². The fourth-order valence-electron chi connectivity index (χ4n) is 1.62. The predicted octanol–water partition coefficient (Wildman–Crippen LogP) is 5.19. The molecular weight excluding hydrogens is 389 g/mol. The molecule has 0 atom stereocenters. The van der Waals surface area contributed by atoms with Gasteiger partial charge in [0.25, 0.3) is 0 Å². The second-order valence-corrected chi connectivity index (χ2v) is 8.26. The first-order chi connectivity index (χ1) is 8.95. The van der Waals surface area contributed by atoms with Crippen LogP contribution in [-0.4, -0.2) is 24.3 Å². The molecule has 0 radical (unpaired) electrons. The number of nitrogens with zero attached hydrogens (tertiary/aromatic N) is 1. The van der Waals surface area contributed by atoms with Crippen molar-refractivity contribution in [2.45, 2.75) is 6.54 Å². The molecule has 0 fully saturated rings. The molecule has 0 N–H and O–H groups in total. The van der Waals surface area contributed by atoms with E-state index in [0.29, 0.717) is 20.8 Å². The number of ketones is 1. The van der Waals surface area contributed by atoms with Gasteiger partial charge in [-0.05, 0) is 35.1 Å². The maximum atomic E-state index is 12.1. The van der Waals surface area contributed by atoms with E-state index in [0.717, 1.165) is 11.0 Å². The van der Waals surface area contributed by atoms with Crippen LogP contribution in [0.4, 0.5) is 0 Å². The van der Waals surface area contributed by atoms with E-state index in [-0.39, 0.29) is 5.78 Å². The van der Waals surface area contributed by atoms with Gasteiger partial charge in [0.05, 0.1) is 16.4 Å². The van der Waals surface area contributed by atoms with E-state index >= 15 is 0 Å². The Morgan fingerprint density at radius 2 is 2.16 bits per heavy atom. The number of likely N-dealkylation sites (N-methyl/N-ethyl adjacent to an activating group) is 1. The maximum absolute atomic E-state index is 12.1. The van der Waals surface area contributed by atoms with E-state index in [9.17, 15) is 4.79 Å². The van der Waals surface area contributed by atoms with E-state index in [1.807, 2.05) is 17.3 Å². The summed E-state index contributed by atoms with van der Waals surface area (Å²) in [6.07, 6.45) is 0. The predicted molar refractivity (Wildman–Crippen MR) is 87.0 cm³/mol. The second-order valence-electron chi connectivity index (χ2n) is 4.06. The Bertz CT molecular complexity index is 596. The average Bonchev–Trinajstić information content (AvgIpc) is 2.84.